The van der Waals surface area contributed by atoms with E-state index in [-0.39, 0.29) is 23.1 Å². The number of amides is 1. The average molecular weight is 261 g/mol. The van der Waals surface area contributed by atoms with Gasteiger partial charge < -0.3 is 16.3 Å². The Morgan fingerprint density at radius 1 is 1.53 bits per heavy atom. The number of nitrogens with zero attached hydrogens (tertiary/aromatic N) is 1. The molecule has 1 aliphatic rings. The van der Waals surface area contributed by atoms with Gasteiger partial charge in [0.1, 0.15) is 0 Å². The Kier molecular flexibility index (Phi) is 3.22. The number of carbonyl (C=O) groups is 1. The molecule has 0 aliphatic heterocycles. The number of hydrogen-bond acceptors (Lipinski definition) is 3. The molecule has 0 spiro atoms. The molecule has 1 aromatic rings. The summed E-state index contributed by atoms with van der Waals surface area (Å²) < 4.78 is 0. The van der Waals surface area contributed by atoms with Crippen LogP contribution in [-0.4, -0.2) is 17.0 Å². The van der Waals surface area contributed by atoms with Crippen LogP contribution in [0.25, 0.3) is 0 Å². The lowest BCUT2D eigenvalue weighted by Crippen LogP contribution is -2.18. The maximum atomic E-state index is 12.1. The normalized spacial score (nSPS) is 21.0. The molecule has 1 unspecified atom stereocenters. The van der Waals surface area contributed by atoms with Gasteiger partial charge in [0, 0.05) is 17.2 Å². The molecule has 0 heterocycles. The SMILES string of the molecule is Cc1ccc(/C(N)=N/O)cc1NC(=O)C1CC1(C)C. The molecule has 0 aromatic heterocycles. The van der Waals surface area contributed by atoms with Crippen LogP contribution >= 0.6 is 0 Å². The summed E-state index contributed by atoms with van der Waals surface area (Å²) in [4.78, 5) is 12.1. The summed E-state index contributed by atoms with van der Waals surface area (Å²) in [5, 5.41) is 14.5. The van der Waals surface area contributed by atoms with E-state index in [1.807, 2.05) is 13.0 Å². The van der Waals surface area contributed by atoms with Crippen molar-refractivity contribution in [3.8, 4) is 0 Å². The van der Waals surface area contributed by atoms with E-state index in [9.17, 15) is 4.79 Å². The lowest BCUT2D eigenvalue weighted by atomic mass is 10.1. The molecule has 5 nitrogen and oxygen atoms in total. The Morgan fingerprint density at radius 3 is 2.68 bits per heavy atom. The van der Waals surface area contributed by atoms with Crippen LogP contribution < -0.4 is 11.1 Å². The molecule has 1 amide bonds. The molecule has 1 aliphatic carbocycles. The number of anilines is 1. The molecular weight excluding hydrogens is 242 g/mol. The van der Waals surface area contributed by atoms with E-state index in [1.54, 1.807) is 12.1 Å². The van der Waals surface area contributed by atoms with Crippen molar-refractivity contribution in [1.82, 2.24) is 0 Å². The molecule has 1 atom stereocenters. The number of hydrogen-bond donors (Lipinski definition) is 3. The third kappa shape index (κ3) is 2.70. The van der Waals surface area contributed by atoms with Crippen LogP contribution in [0.3, 0.4) is 0 Å². The van der Waals surface area contributed by atoms with Crippen molar-refractivity contribution < 1.29 is 10.0 Å². The maximum Gasteiger partial charge on any atom is 0.228 e. The van der Waals surface area contributed by atoms with E-state index in [0.29, 0.717) is 11.3 Å². The van der Waals surface area contributed by atoms with Gasteiger partial charge in [-0.15, -0.1) is 0 Å². The first-order valence-electron chi connectivity index (χ1n) is 6.24. The van der Waals surface area contributed by atoms with Crippen LogP contribution in [0.5, 0.6) is 0 Å². The van der Waals surface area contributed by atoms with Crippen molar-refractivity contribution >= 4 is 17.4 Å². The van der Waals surface area contributed by atoms with Gasteiger partial charge in [0.2, 0.25) is 5.91 Å². The largest absolute Gasteiger partial charge is 0.409 e. The van der Waals surface area contributed by atoms with Crippen LogP contribution in [0.1, 0.15) is 31.4 Å². The standard InChI is InChI=1S/C14H19N3O2/c1-8-4-5-9(12(15)17-19)6-11(8)16-13(18)10-7-14(10,2)3/h4-6,10,19H,7H2,1-3H3,(H2,15,17)(H,16,18). The zero-order chi connectivity index (χ0) is 14.2. The molecule has 4 N–H and O–H groups in total. The van der Waals surface area contributed by atoms with Crippen molar-refractivity contribution in [3.63, 3.8) is 0 Å². The molecule has 1 aromatic carbocycles. The molecule has 102 valence electrons. The Balaban J connectivity index is 2.18. The van der Waals surface area contributed by atoms with Gasteiger partial charge in [0.15, 0.2) is 5.84 Å². The van der Waals surface area contributed by atoms with Gasteiger partial charge in [0.25, 0.3) is 0 Å². The second kappa shape index (κ2) is 4.57. The van der Waals surface area contributed by atoms with E-state index < -0.39 is 0 Å². The first-order chi connectivity index (χ1) is 8.85. The number of rotatable bonds is 3. The first kappa shape index (κ1) is 13.4. The van der Waals surface area contributed by atoms with Crippen molar-refractivity contribution in [1.29, 1.82) is 0 Å². The summed E-state index contributed by atoms with van der Waals surface area (Å²) in [6.07, 6.45) is 0.914. The fourth-order valence-electron chi connectivity index (χ4n) is 2.11. The Labute approximate surface area is 112 Å². The summed E-state index contributed by atoms with van der Waals surface area (Å²) in [6, 6.07) is 5.31. The smallest absolute Gasteiger partial charge is 0.228 e. The van der Waals surface area contributed by atoms with E-state index in [4.69, 9.17) is 10.9 Å². The lowest BCUT2D eigenvalue weighted by Gasteiger charge is -2.11. The quantitative estimate of drug-likeness (QED) is 0.337. The van der Waals surface area contributed by atoms with Gasteiger partial charge in [-0.2, -0.15) is 0 Å². The van der Waals surface area contributed by atoms with Crippen LogP contribution in [0.15, 0.2) is 23.4 Å². The Hall–Kier alpha value is -2.04. The van der Waals surface area contributed by atoms with Crippen molar-refractivity contribution in [2.45, 2.75) is 27.2 Å². The zero-order valence-corrected chi connectivity index (χ0v) is 11.4. The van der Waals surface area contributed by atoms with Gasteiger partial charge in [-0.05, 0) is 30.4 Å². The van der Waals surface area contributed by atoms with Gasteiger partial charge in [0.05, 0.1) is 0 Å². The van der Waals surface area contributed by atoms with E-state index >= 15 is 0 Å². The third-order valence-electron chi connectivity index (χ3n) is 3.73. The fourth-order valence-corrected chi connectivity index (χ4v) is 2.11. The van der Waals surface area contributed by atoms with E-state index in [2.05, 4.69) is 24.3 Å². The molecule has 1 saturated carbocycles. The summed E-state index contributed by atoms with van der Waals surface area (Å²) in [7, 11) is 0. The second-order valence-electron chi connectivity index (χ2n) is 5.75. The van der Waals surface area contributed by atoms with Crippen LogP contribution in [0, 0.1) is 18.3 Å². The number of aryl methyl sites for hydroxylation is 1. The predicted molar refractivity (Wildman–Crippen MR) is 74.2 cm³/mol. The van der Waals surface area contributed by atoms with Gasteiger partial charge in [-0.25, -0.2) is 0 Å². The number of oxime groups is 1. The minimum atomic E-state index is 0.0299. The zero-order valence-electron chi connectivity index (χ0n) is 11.4. The van der Waals surface area contributed by atoms with Gasteiger partial charge in [-0.1, -0.05) is 31.1 Å². The third-order valence-corrected chi connectivity index (χ3v) is 3.73. The monoisotopic (exact) mass is 261 g/mol. The van der Waals surface area contributed by atoms with E-state index in [0.717, 1.165) is 12.0 Å². The van der Waals surface area contributed by atoms with Crippen molar-refractivity contribution in [2.24, 2.45) is 22.2 Å². The predicted octanol–water partition coefficient (Wildman–Crippen LogP) is 2.07. The number of nitrogens with one attached hydrogen (secondary N) is 1. The topological polar surface area (TPSA) is 87.7 Å². The minimum Gasteiger partial charge on any atom is -0.409 e. The van der Waals surface area contributed by atoms with Crippen molar-refractivity contribution in [3.05, 3.63) is 29.3 Å². The molecule has 2 rings (SSSR count). The molecule has 19 heavy (non-hydrogen) atoms. The van der Waals surface area contributed by atoms with Crippen molar-refractivity contribution in [2.75, 3.05) is 5.32 Å². The molecule has 0 radical (unpaired) electrons. The highest BCUT2D eigenvalue weighted by atomic mass is 16.4. The van der Waals surface area contributed by atoms with Crippen LogP contribution in [0.2, 0.25) is 0 Å². The van der Waals surface area contributed by atoms with Crippen LogP contribution in [0.4, 0.5) is 5.69 Å². The Morgan fingerprint density at radius 2 is 2.16 bits per heavy atom. The Bertz CT molecular complexity index is 550. The summed E-state index contributed by atoms with van der Waals surface area (Å²) in [6.45, 7) is 6.07. The highest BCUT2D eigenvalue weighted by Crippen LogP contribution is 2.52. The highest BCUT2D eigenvalue weighted by molar-refractivity contribution is 6.00. The lowest BCUT2D eigenvalue weighted by molar-refractivity contribution is -0.118. The summed E-state index contributed by atoms with van der Waals surface area (Å²) in [5.41, 5.74) is 7.88. The first-order valence-corrected chi connectivity index (χ1v) is 6.24. The molecule has 0 bridgehead atoms. The number of nitrogens with two attached hydrogens (primary N) is 1. The molecule has 5 heteroatoms. The second-order valence-corrected chi connectivity index (χ2v) is 5.75. The fraction of sp³-hybridized carbons (Fsp3) is 0.429. The van der Waals surface area contributed by atoms with Crippen LogP contribution in [-0.2, 0) is 4.79 Å². The number of amidine groups is 1. The maximum absolute atomic E-state index is 12.1. The number of benzene rings is 1. The number of carbonyl (C=O) groups excluding carboxylic acids is 1. The minimum absolute atomic E-state index is 0.0299. The molecular formula is C14H19N3O2. The molecule has 1 fully saturated rings. The summed E-state index contributed by atoms with van der Waals surface area (Å²) >= 11 is 0. The van der Waals surface area contributed by atoms with E-state index in [1.165, 1.54) is 0 Å². The van der Waals surface area contributed by atoms with Gasteiger partial charge >= 0.3 is 0 Å². The summed E-state index contributed by atoms with van der Waals surface area (Å²) in [5.74, 6) is 0.131. The highest BCUT2D eigenvalue weighted by Gasteiger charge is 2.50. The van der Waals surface area contributed by atoms with Gasteiger partial charge in [-0.3, -0.25) is 4.79 Å². The average Bonchev–Trinajstić information content (AvgIpc) is 3.00. The molecule has 0 saturated heterocycles.